The first kappa shape index (κ1) is 12.4. The average Bonchev–Trinajstić information content (AvgIpc) is 2.63. The minimum atomic E-state index is -2.94. The average molecular weight is 270 g/mol. The smallest absolute Gasteiger partial charge is 0.150 e. The molecular formula is C12H12ClNO2S. The van der Waals surface area contributed by atoms with Gasteiger partial charge in [0.25, 0.3) is 0 Å². The molecule has 1 aliphatic heterocycles. The number of sulfone groups is 1. The van der Waals surface area contributed by atoms with Gasteiger partial charge in [-0.15, -0.1) is 0 Å². The van der Waals surface area contributed by atoms with E-state index in [2.05, 4.69) is 6.07 Å². The van der Waals surface area contributed by atoms with Crippen LogP contribution in [0.3, 0.4) is 0 Å². The van der Waals surface area contributed by atoms with Crippen LogP contribution in [0.2, 0.25) is 5.02 Å². The molecule has 0 radical (unpaired) electrons. The van der Waals surface area contributed by atoms with Gasteiger partial charge < -0.3 is 0 Å². The molecule has 90 valence electrons. The third-order valence-corrected chi connectivity index (χ3v) is 5.15. The van der Waals surface area contributed by atoms with Gasteiger partial charge in [0.2, 0.25) is 0 Å². The van der Waals surface area contributed by atoms with Crippen molar-refractivity contribution in [2.24, 2.45) is 5.92 Å². The van der Waals surface area contributed by atoms with E-state index in [-0.39, 0.29) is 23.3 Å². The van der Waals surface area contributed by atoms with Crippen molar-refractivity contribution in [3.05, 3.63) is 34.9 Å². The summed E-state index contributed by atoms with van der Waals surface area (Å²) in [6.07, 6.45) is 0.573. The van der Waals surface area contributed by atoms with Crippen LogP contribution in [-0.4, -0.2) is 19.9 Å². The van der Waals surface area contributed by atoms with Crippen LogP contribution in [0.25, 0.3) is 0 Å². The van der Waals surface area contributed by atoms with Crippen molar-refractivity contribution in [1.82, 2.24) is 0 Å². The summed E-state index contributed by atoms with van der Waals surface area (Å²) >= 11 is 5.79. The Hall–Kier alpha value is -1.05. The van der Waals surface area contributed by atoms with Gasteiger partial charge in [0.05, 0.1) is 23.5 Å². The van der Waals surface area contributed by atoms with E-state index in [9.17, 15) is 13.7 Å². The summed E-state index contributed by atoms with van der Waals surface area (Å²) in [5, 5.41) is 9.82. The molecule has 3 nitrogen and oxygen atoms in total. The van der Waals surface area contributed by atoms with Crippen molar-refractivity contribution in [1.29, 1.82) is 5.26 Å². The molecule has 1 aromatic carbocycles. The fourth-order valence-corrected chi connectivity index (χ4v) is 4.17. The molecule has 0 amide bonds. The number of benzene rings is 1. The molecular weight excluding hydrogens is 258 g/mol. The fraction of sp³-hybridized carbons (Fsp3) is 0.417. The molecule has 0 saturated carbocycles. The SMILES string of the molecule is N#CC(c1ccc(Cl)cc1)C1CCS(=O)(=O)C1. The van der Waals surface area contributed by atoms with Crippen LogP contribution in [-0.2, 0) is 9.84 Å². The van der Waals surface area contributed by atoms with Gasteiger partial charge in [-0.2, -0.15) is 5.26 Å². The lowest BCUT2D eigenvalue weighted by Gasteiger charge is -2.15. The highest BCUT2D eigenvalue weighted by atomic mass is 35.5. The van der Waals surface area contributed by atoms with Gasteiger partial charge in [0.15, 0.2) is 9.84 Å². The van der Waals surface area contributed by atoms with Gasteiger partial charge >= 0.3 is 0 Å². The summed E-state index contributed by atoms with van der Waals surface area (Å²) in [6, 6.07) is 9.25. The molecule has 1 aromatic rings. The van der Waals surface area contributed by atoms with Crippen LogP contribution in [0.1, 0.15) is 17.9 Å². The van der Waals surface area contributed by atoms with Crippen LogP contribution in [0.4, 0.5) is 0 Å². The lowest BCUT2D eigenvalue weighted by atomic mass is 9.87. The molecule has 2 rings (SSSR count). The second kappa shape index (κ2) is 4.67. The van der Waals surface area contributed by atoms with E-state index in [0.29, 0.717) is 11.4 Å². The third-order valence-electron chi connectivity index (χ3n) is 3.11. The summed E-state index contributed by atoms with van der Waals surface area (Å²) in [6.45, 7) is 0. The monoisotopic (exact) mass is 269 g/mol. The van der Waals surface area contributed by atoms with E-state index in [1.165, 1.54) is 0 Å². The lowest BCUT2D eigenvalue weighted by molar-refractivity contribution is 0.541. The molecule has 2 atom stereocenters. The summed E-state index contributed by atoms with van der Waals surface area (Å²) in [4.78, 5) is 0. The molecule has 1 heterocycles. The van der Waals surface area contributed by atoms with Crippen LogP contribution in [0.15, 0.2) is 24.3 Å². The Morgan fingerprint density at radius 3 is 2.47 bits per heavy atom. The van der Waals surface area contributed by atoms with Gasteiger partial charge in [-0.25, -0.2) is 8.42 Å². The molecule has 1 aliphatic rings. The Morgan fingerprint density at radius 2 is 2.00 bits per heavy atom. The highest BCUT2D eigenvalue weighted by Crippen LogP contribution is 2.33. The quantitative estimate of drug-likeness (QED) is 0.828. The van der Waals surface area contributed by atoms with Gasteiger partial charge in [-0.1, -0.05) is 23.7 Å². The summed E-state index contributed by atoms with van der Waals surface area (Å²) in [7, 11) is -2.94. The van der Waals surface area contributed by atoms with E-state index in [0.717, 1.165) is 5.56 Å². The molecule has 0 spiro atoms. The predicted molar refractivity (Wildman–Crippen MR) is 66.6 cm³/mol. The second-order valence-corrected chi connectivity index (χ2v) is 6.99. The van der Waals surface area contributed by atoms with Gasteiger partial charge in [0.1, 0.15) is 0 Å². The maximum Gasteiger partial charge on any atom is 0.150 e. The van der Waals surface area contributed by atoms with E-state index < -0.39 is 9.84 Å². The Kier molecular flexibility index (Phi) is 3.41. The van der Waals surface area contributed by atoms with Crippen molar-refractivity contribution in [2.45, 2.75) is 12.3 Å². The molecule has 0 aliphatic carbocycles. The van der Waals surface area contributed by atoms with E-state index >= 15 is 0 Å². The number of halogens is 1. The number of nitriles is 1. The molecule has 5 heteroatoms. The molecule has 0 bridgehead atoms. The van der Waals surface area contributed by atoms with Crippen molar-refractivity contribution >= 4 is 21.4 Å². The normalized spacial score (nSPS) is 24.1. The summed E-state index contributed by atoms with van der Waals surface area (Å²) in [5.41, 5.74) is 0.846. The molecule has 0 N–H and O–H groups in total. The third kappa shape index (κ3) is 2.80. The standard InChI is InChI=1S/C12H12ClNO2S/c13-11-3-1-9(2-4-11)12(7-14)10-5-6-17(15,16)8-10/h1-4,10,12H,5-6,8H2. The highest BCUT2D eigenvalue weighted by molar-refractivity contribution is 7.91. The maximum atomic E-state index is 11.4. The van der Waals surface area contributed by atoms with Crippen molar-refractivity contribution in [3.63, 3.8) is 0 Å². The van der Waals surface area contributed by atoms with Crippen molar-refractivity contribution in [2.75, 3.05) is 11.5 Å². The number of nitrogens with zero attached hydrogens (tertiary/aromatic N) is 1. The Labute approximate surface area is 106 Å². The van der Waals surface area contributed by atoms with Crippen LogP contribution in [0, 0.1) is 17.2 Å². The molecule has 0 aromatic heterocycles. The summed E-state index contributed by atoms with van der Waals surface area (Å²) < 4.78 is 22.8. The second-order valence-electron chi connectivity index (χ2n) is 4.32. The lowest BCUT2D eigenvalue weighted by Crippen LogP contribution is -2.13. The fourth-order valence-electron chi connectivity index (χ4n) is 2.21. The zero-order valence-electron chi connectivity index (χ0n) is 9.14. The minimum absolute atomic E-state index is 0.0915. The maximum absolute atomic E-state index is 11.4. The first-order valence-corrected chi connectivity index (χ1v) is 7.57. The van der Waals surface area contributed by atoms with Crippen LogP contribution >= 0.6 is 11.6 Å². The van der Waals surface area contributed by atoms with Crippen molar-refractivity contribution < 1.29 is 8.42 Å². The largest absolute Gasteiger partial charge is 0.229 e. The van der Waals surface area contributed by atoms with Gasteiger partial charge in [0, 0.05) is 5.02 Å². The van der Waals surface area contributed by atoms with Gasteiger partial charge in [-0.3, -0.25) is 0 Å². The zero-order valence-corrected chi connectivity index (χ0v) is 10.7. The Morgan fingerprint density at radius 1 is 1.35 bits per heavy atom. The van der Waals surface area contributed by atoms with Crippen LogP contribution in [0.5, 0.6) is 0 Å². The van der Waals surface area contributed by atoms with Crippen molar-refractivity contribution in [3.8, 4) is 6.07 Å². The number of rotatable bonds is 2. The predicted octanol–water partition coefficient (Wildman–Crippen LogP) is 2.38. The Bertz CT molecular complexity index is 545. The molecule has 1 saturated heterocycles. The van der Waals surface area contributed by atoms with E-state index in [1.807, 2.05) is 0 Å². The first-order chi connectivity index (χ1) is 8.02. The molecule has 1 fully saturated rings. The van der Waals surface area contributed by atoms with Gasteiger partial charge in [-0.05, 0) is 30.0 Å². The highest BCUT2D eigenvalue weighted by Gasteiger charge is 2.34. The summed E-state index contributed by atoms with van der Waals surface area (Å²) in [5.74, 6) is -0.132. The topological polar surface area (TPSA) is 57.9 Å². The number of hydrogen-bond acceptors (Lipinski definition) is 3. The zero-order chi connectivity index (χ0) is 12.5. The molecule has 17 heavy (non-hydrogen) atoms. The minimum Gasteiger partial charge on any atom is -0.229 e. The van der Waals surface area contributed by atoms with E-state index in [1.54, 1.807) is 24.3 Å². The van der Waals surface area contributed by atoms with E-state index in [4.69, 9.17) is 11.6 Å². The number of hydrogen-bond donors (Lipinski definition) is 0. The first-order valence-electron chi connectivity index (χ1n) is 5.37. The molecule has 2 unspecified atom stereocenters. The van der Waals surface area contributed by atoms with Crippen LogP contribution < -0.4 is 0 Å². The Balaban J connectivity index is 2.24.